The smallest absolute Gasteiger partial charge is 0.257 e. The van der Waals surface area contributed by atoms with Crippen LogP contribution in [0.25, 0.3) is 0 Å². The lowest BCUT2D eigenvalue weighted by molar-refractivity contribution is 0.102. The van der Waals surface area contributed by atoms with Crippen molar-refractivity contribution in [1.82, 2.24) is 0 Å². The van der Waals surface area contributed by atoms with E-state index in [9.17, 15) is 9.59 Å². The summed E-state index contributed by atoms with van der Waals surface area (Å²) < 4.78 is 5.11. The summed E-state index contributed by atoms with van der Waals surface area (Å²) in [4.78, 5) is 25.4. The molecule has 0 spiro atoms. The number of hydrogen-bond donors (Lipinski definition) is 2. The molecule has 5 nitrogen and oxygen atoms in total. The van der Waals surface area contributed by atoms with Crippen LogP contribution in [0.5, 0.6) is 5.75 Å². The highest BCUT2D eigenvalue weighted by Gasteiger charge is 2.15. The summed E-state index contributed by atoms with van der Waals surface area (Å²) in [5.74, 6) is 0.0961. The summed E-state index contributed by atoms with van der Waals surface area (Å²) >= 11 is 0. The van der Waals surface area contributed by atoms with Crippen molar-refractivity contribution in [3.63, 3.8) is 0 Å². The van der Waals surface area contributed by atoms with Crippen LogP contribution in [0.1, 0.15) is 31.8 Å². The van der Waals surface area contributed by atoms with Crippen molar-refractivity contribution in [2.75, 3.05) is 17.7 Å². The van der Waals surface area contributed by atoms with E-state index < -0.39 is 0 Å². The molecule has 0 heterocycles. The molecule has 3 aromatic rings. The van der Waals surface area contributed by atoms with Gasteiger partial charge in [0.05, 0.1) is 18.4 Å². The minimum Gasteiger partial charge on any atom is -0.497 e. The lowest BCUT2D eigenvalue weighted by Crippen LogP contribution is -2.18. The van der Waals surface area contributed by atoms with Crippen LogP contribution in [0.3, 0.4) is 0 Å². The Balaban J connectivity index is 1.81. The first-order valence-corrected chi connectivity index (χ1v) is 8.91. The number of methoxy groups -OCH3 is 1. The molecule has 0 aliphatic rings. The van der Waals surface area contributed by atoms with Gasteiger partial charge in [0.15, 0.2) is 0 Å². The van der Waals surface area contributed by atoms with E-state index in [-0.39, 0.29) is 11.8 Å². The Morgan fingerprint density at radius 2 is 1.39 bits per heavy atom. The second-order valence-electron chi connectivity index (χ2n) is 6.43. The molecule has 0 radical (unpaired) electrons. The van der Waals surface area contributed by atoms with Crippen molar-refractivity contribution >= 4 is 23.2 Å². The normalized spacial score (nSPS) is 10.2. The molecule has 2 amide bonds. The molecule has 0 bridgehead atoms. The van der Waals surface area contributed by atoms with E-state index in [4.69, 9.17) is 4.74 Å². The SMILES string of the molecule is COc1ccc(C(=O)Nc2ccccc2C(=O)Nc2cccc(C)c2C)cc1. The molecule has 0 unspecified atom stereocenters. The summed E-state index contributed by atoms with van der Waals surface area (Å²) in [7, 11) is 1.57. The number of hydrogen-bond acceptors (Lipinski definition) is 3. The molecular weight excluding hydrogens is 352 g/mol. The number of carbonyl (C=O) groups excluding carboxylic acids is 2. The first-order valence-electron chi connectivity index (χ1n) is 8.91. The minimum atomic E-state index is -0.297. The van der Waals surface area contributed by atoms with Crippen LogP contribution < -0.4 is 15.4 Å². The monoisotopic (exact) mass is 374 g/mol. The molecular formula is C23H22N2O3. The average Bonchev–Trinajstić information content (AvgIpc) is 2.71. The first-order chi connectivity index (χ1) is 13.5. The number of carbonyl (C=O) groups is 2. The number of aryl methyl sites for hydroxylation is 1. The lowest BCUT2D eigenvalue weighted by Gasteiger charge is -2.13. The number of amides is 2. The summed E-state index contributed by atoms with van der Waals surface area (Å²) in [5.41, 5.74) is 4.18. The molecule has 142 valence electrons. The highest BCUT2D eigenvalue weighted by Crippen LogP contribution is 2.22. The van der Waals surface area contributed by atoms with Crippen LogP contribution in [0.2, 0.25) is 0 Å². The molecule has 28 heavy (non-hydrogen) atoms. The van der Waals surface area contributed by atoms with Crippen LogP contribution >= 0.6 is 0 Å². The van der Waals surface area contributed by atoms with Gasteiger partial charge < -0.3 is 15.4 Å². The molecule has 0 aliphatic carbocycles. The first kappa shape index (κ1) is 19.2. The van der Waals surface area contributed by atoms with Gasteiger partial charge >= 0.3 is 0 Å². The molecule has 2 N–H and O–H groups in total. The molecule has 0 fully saturated rings. The summed E-state index contributed by atoms with van der Waals surface area (Å²) in [6.45, 7) is 3.95. The van der Waals surface area contributed by atoms with Crippen LogP contribution in [0, 0.1) is 13.8 Å². The van der Waals surface area contributed by atoms with Gasteiger partial charge in [-0.15, -0.1) is 0 Å². The van der Waals surface area contributed by atoms with E-state index >= 15 is 0 Å². The summed E-state index contributed by atoms with van der Waals surface area (Å²) in [5, 5.41) is 5.75. The van der Waals surface area contributed by atoms with Gasteiger partial charge in [-0.05, 0) is 67.4 Å². The second kappa shape index (κ2) is 8.39. The minimum absolute atomic E-state index is 0.278. The number of rotatable bonds is 5. The molecule has 3 aromatic carbocycles. The lowest BCUT2D eigenvalue weighted by atomic mass is 10.1. The third-order valence-corrected chi connectivity index (χ3v) is 4.62. The van der Waals surface area contributed by atoms with Crippen molar-refractivity contribution in [3.8, 4) is 5.75 Å². The van der Waals surface area contributed by atoms with Gasteiger partial charge in [-0.2, -0.15) is 0 Å². The summed E-state index contributed by atoms with van der Waals surface area (Å²) in [6, 6.07) is 19.5. The Kier molecular flexibility index (Phi) is 5.75. The van der Waals surface area contributed by atoms with E-state index in [1.165, 1.54) is 0 Å². The van der Waals surface area contributed by atoms with E-state index in [0.717, 1.165) is 16.8 Å². The van der Waals surface area contributed by atoms with E-state index in [2.05, 4.69) is 10.6 Å². The highest BCUT2D eigenvalue weighted by atomic mass is 16.5. The van der Waals surface area contributed by atoms with Gasteiger partial charge in [0.1, 0.15) is 5.75 Å². The molecule has 0 saturated heterocycles. The largest absolute Gasteiger partial charge is 0.497 e. The Bertz CT molecular complexity index is 1010. The molecule has 0 aliphatic heterocycles. The second-order valence-corrected chi connectivity index (χ2v) is 6.43. The highest BCUT2D eigenvalue weighted by molar-refractivity contribution is 6.12. The Hall–Kier alpha value is -3.60. The van der Waals surface area contributed by atoms with Gasteiger partial charge in [0, 0.05) is 11.3 Å². The number of benzene rings is 3. The Morgan fingerprint density at radius 1 is 0.750 bits per heavy atom. The van der Waals surface area contributed by atoms with Gasteiger partial charge in [0.25, 0.3) is 11.8 Å². The maximum absolute atomic E-state index is 12.8. The maximum Gasteiger partial charge on any atom is 0.257 e. The van der Waals surface area contributed by atoms with Crippen molar-refractivity contribution in [2.45, 2.75) is 13.8 Å². The predicted molar refractivity (Wildman–Crippen MR) is 111 cm³/mol. The van der Waals surface area contributed by atoms with Gasteiger partial charge in [0.2, 0.25) is 0 Å². The standard InChI is InChI=1S/C23H22N2O3/c1-15-7-6-10-20(16(15)2)24-23(27)19-8-4-5-9-21(19)25-22(26)17-11-13-18(28-3)14-12-17/h4-14H,1-3H3,(H,24,27)(H,25,26). The Labute approximate surface area is 164 Å². The molecule has 0 saturated carbocycles. The van der Waals surface area contributed by atoms with Crippen LogP contribution in [0.4, 0.5) is 11.4 Å². The zero-order chi connectivity index (χ0) is 20.1. The van der Waals surface area contributed by atoms with Crippen LogP contribution in [-0.2, 0) is 0 Å². The topological polar surface area (TPSA) is 67.4 Å². The molecule has 0 atom stereocenters. The van der Waals surface area contributed by atoms with Gasteiger partial charge in [-0.1, -0.05) is 24.3 Å². The van der Waals surface area contributed by atoms with Gasteiger partial charge in [-0.25, -0.2) is 0 Å². The van der Waals surface area contributed by atoms with Gasteiger partial charge in [-0.3, -0.25) is 9.59 Å². The molecule has 3 rings (SSSR count). The quantitative estimate of drug-likeness (QED) is 0.673. The number of ether oxygens (including phenoxy) is 1. The fourth-order valence-electron chi connectivity index (χ4n) is 2.80. The zero-order valence-electron chi connectivity index (χ0n) is 16.1. The Morgan fingerprint density at radius 3 is 2.11 bits per heavy atom. The molecule has 5 heteroatoms. The van der Waals surface area contributed by atoms with Crippen LogP contribution in [0.15, 0.2) is 66.7 Å². The van der Waals surface area contributed by atoms with E-state index in [1.54, 1.807) is 55.6 Å². The van der Waals surface area contributed by atoms with Crippen molar-refractivity contribution in [3.05, 3.63) is 89.0 Å². The fraction of sp³-hybridized carbons (Fsp3) is 0.130. The van der Waals surface area contributed by atoms with Crippen molar-refractivity contribution < 1.29 is 14.3 Å². The average molecular weight is 374 g/mol. The number of anilines is 2. The third-order valence-electron chi connectivity index (χ3n) is 4.62. The van der Waals surface area contributed by atoms with E-state index in [0.29, 0.717) is 22.6 Å². The number of para-hydroxylation sites is 1. The fourth-order valence-corrected chi connectivity index (χ4v) is 2.80. The van der Waals surface area contributed by atoms with E-state index in [1.807, 2.05) is 32.0 Å². The van der Waals surface area contributed by atoms with Crippen molar-refractivity contribution in [1.29, 1.82) is 0 Å². The summed E-state index contributed by atoms with van der Waals surface area (Å²) in [6.07, 6.45) is 0. The zero-order valence-corrected chi connectivity index (χ0v) is 16.1. The van der Waals surface area contributed by atoms with Crippen molar-refractivity contribution in [2.24, 2.45) is 0 Å². The van der Waals surface area contributed by atoms with Crippen LogP contribution in [-0.4, -0.2) is 18.9 Å². The predicted octanol–water partition coefficient (Wildman–Crippen LogP) is 4.82. The third kappa shape index (κ3) is 4.20. The number of nitrogens with one attached hydrogen (secondary N) is 2. The molecule has 0 aromatic heterocycles. The maximum atomic E-state index is 12.8.